The Labute approximate surface area is 136 Å². The largest absolute Gasteiger partial charge is 0.394 e. The van der Waals surface area contributed by atoms with E-state index in [1.807, 2.05) is 24.3 Å². The molecule has 0 aliphatic heterocycles. The average Bonchev–Trinajstić information content (AvgIpc) is 3.18. The highest BCUT2D eigenvalue weighted by atomic mass is 79.9. The minimum absolute atomic E-state index is 0.0138. The van der Waals surface area contributed by atoms with Crippen LogP contribution in [0, 0.1) is 0 Å². The average molecular weight is 372 g/mol. The lowest BCUT2D eigenvalue weighted by Crippen LogP contribution is -2.24. The van der Waals surface area contributed by atoms with Gasteiger partial charge in [-0.05, 0) is 36.6 Å². The van der Waals surface area contributed by atoms with E-state index in [0.29, 0.717) is 17.5 Å². The van der Waals surface area contributed by atoms with Crippen molar-refractivity contribution in [2.45, 2.75) is 31.3 Å². The number of aliphatic hydroxyl groups excluding tert-OH is 1. The first-order chi connectivity index (χ1) is 10.2. The van der Waals surface area contributed by atoms with Gasteiger partial charge >= 0.3 is 0 Å². The Morgan fingerprint density at radius 2 is 2.19 bits per heavy atom. The summed E-state index contributed by atoms with van der Waals surface area (Å²) < 4.78 is 6.21. The lowest BCUT2D eigenvalue weighted by atomic mass is 10.1. The summed E-state index contributed by atoms with van der Waals surface area (Å²) in [6.07, 6.45) is 2.38. The van der Waals surface area contributed by atoms with E-state index in [9.17, 15) is 5.11 Å². The first kappa shape index (κ1) is 15.0. The standard InChI is InChI=1S/C15H16BrClN2O2/c16-11-3-10(4-12(17)5-11)14(8-20)18-7-13-6-15(21-19-13)9-1-2-9/h3-6,9,14,18,20H,1-2,7-8H2/t14-/m1/s1. The number of nitrogens with zero attached hydrogens (tertiary/aromatic N) is 1. The predicted molar refractivity (Wildman–Crippen MR) is 84.3 cm³/mol. The first-order valence-electron chi connectivity index (χ1n) is 6.91. The summed E-state index contributed by atoms with van der Waals surface area (Å²) in [7, 11) is 0. The molecule has 112 valence electrons. The molecule has 1 aliphatic rings. The van der Waals surface area contributed by atoms with Gasteiger partial charge in [0.05, 0.1) is 18.3 Å². The van der Waals surface area contributed by atoms with Crippen LogP contribution in [0.5, 0.6) is 0 Å². The molecule has 1 saturated carbocycles. The van der Waals surface area contributed by atoms with Gasteiger partial charge in [0.15, 0.2) is 0 Å². The summed E-state index contributed by atoms with van der Waals surface area (Å²) in [5, 5.41) is 17.5. The Morgan fingerprint density at radius 3 is 2.86 bits per heavy atom. The van der Waals surface area contributed by atoms with Crippen molar-refractivity contribution in [3.8, 4) is 0 Å². The highest BCUT2D eigenvalue weighted by molar-refractivity contribution is 9.10. The molecule has 1 atom stereocenters. The zero-order chi connectivity index (χ0) is 14.8. The van der Waals surface area contributed by atoms with Crippen LogP contribution in [-0.4, -0.2) is 16.9 Å². The smallest absolute Gasteiger partial charge is 0.140 e. The topological polar surface area (TPSA) is 58.3 Å². The summed E-state index contributed by atoms with van der Waals surface area (Å²) in [6.45, 7) is 0.533. The Balaban J connectivity index is 1.65. The Morgan fingerprint density at radius 1 is 1.38 bits per heavy atom. The molecule has 0 spiro atoms. The molecule has 2 aromatic rings. The molecule has 0 bridgehead atoms. The highest BCUT2D eigenvalue weighted by Crippen LogP contribution is 2.40. The molecule has 0 unspecified atom stereocenters. The van der Waals surface area contributed by atoms with Crippen molar-refractivity contribution in [3.63, 3.8) is 0 Å². The fourth-order valence-corrected chi connectivity index (χ4v) is 3.15. The van der Waals surface area contributed by atoms with E-state index < -0.39 is 0 Å². The van der Waals surface area contributed by atoms with Crippen molar-refractivity contribution in [1.82, 2.24) is 10.5 Å². The molecule has 1 aromatic heterocycles. The van der Waals surface area contributed by atoms with Gasteiger partial charge in [-0.1, -0.05) is 32.7 Å². The Hall–Kier alpha value is -0.880. The van der Waals surface area contributed by atoms with E-state index >= 15 is 0 Å². The predicted octanol–water partition coefficient (Wildman–Crippen LogP) is 3.79. The Bertz CT molecular complexity index is 608. The van der Waals surface area contributed by atoms with Gasteiger partial charge in [0.25, 0.3) is 0 Å². The third-order valence-electron chi connectivity index (χ3n) is 3.56. The minimum Gasteiger partial charge on any atom is -0.394 e. The van der Waals surface area contributed by atoms with Crippen LogP contribution in [0.4, 0.5) is 0 Å². The SMILES string of the molecule is OC[C@@H](NCc1cc(C2CC2)on1)c1cc(Cl)cc(Br)c1. The van der Waals surface area contributed by atoms with E-state index in [1.54, 1.807) is 0 Å². The number of benzene rings is 1. The number of aromatic nitrogens is 1. The van der Waals surface area contributed by atoms with E-state index in [-0.39, 0.29) is 12.6 Å². The second kappa shape index (κ2) is 6.48. The van der Waals surface area contributed by atoms with Crippen molar-refractivity contribution < 1.29 is 9.63 Å². The molecule has 3 rings (SSSR count). The Kier molecular flexibility index (Phi) is 4.64. The van der Waals surface area contributed by atoms with E-state index in [0.717, 1.165) is 21.5 Å². The number of halogens is 2. The maximum Gasteiger partial charge on any atom is 0.140 e. The molecule has 1 heterocycles. The maximum atomic E-state index is 9.58. The molecule has 0 saturated heterocycles. The van der Waals surface area contributed by atoms with Gasteiger partial charge < -0.3 is 14.9 Å². The maximum absolute atomic E-state index is 9.58. The fourth-order valence-electron chi connectivity index (χ4n) is 2.26. The van der Waals surface area contributed by atoms with Crippen molar-refractivity contribution in [2.75, 3.05) is 6.61 Å². The second-order valence-electron chi connectivity index (χ2n) is 5.31. The van der Waals surface area contributed by atoms with Crippen molar-refractivity contribution in [2.24, 2.45) is 0 Å². The van der Waals surface area contributed by atoms with Crippen molar-refractivity contribution in [3.05, 3.63) is 50.8 Å². The van der Waals surface area contributed by atoms with Crippen LogP contribution in [0.15, 0.2) is 33.3 Å². The molecular weight excluding hydrogens is 356 g/mol. The van der Waals surface area contributed by atoms with Gasteiger partial charge in [0.2, 0.25) is 0 Å². The number of nitrogens with one attached hydrogen (secondary N) is 1. The van der Waals surface area contributed by atoms with Crippen LogP contribution in [0.1, 0.15) is 41.8 Å². The molecule has 6 heteroatoms. The lowest BCUT2D eigenvalue weighted by Gasteiger charge is -2.16. The van der Waals surface area contributed by atoms with E-state index in [4.69, 9.17) is 16.1 Å². The molecule has 4 nitrogen and oxygen atoms in total. The molecular formula is C15H16BrClN2O2. The van der Waals surface area contributed by atoms with Gasteiger partial charge in [0, 0.05) is 28.0 Å². The van der Waals surface area contributed by atoms with E-state index in [1.165, 1.54) is 12.8 Å². The van der Waals surface area contributed by atoms with Crippen LogP contribution >= 0.6 is 27.5 Å². The van der Waals surface area contributed by atoms with Crippen molar-refractivity contribution in [1.29, 1.82) is 0 Å². The normalized spacial score (nSPS) is 16.1. The molecule has 0 radical (unpaired) electrons. The number of rotatable bonds is 6. The van der Waals surface area contributed by atoms with Gasteiger partial charge in [-0.3, -0.25) is 0 Å². The summed E-state index contributed by atoms with van der Waals surface area (Å²) in [5.41, 5.74) is 1.79. The second-order valence-corrected chi connectivity index (χ2v) is 6.67. The van der Waals surface area contributed by atoms with Crippen LogP contribution in [0.25, 0.3) is 0 Å². The van der Waals surface area contributed by atoms with E-state index in [2.05, 4.69) is 26.4 Å². The van der Waals surface area contributed by atoms with Crippen LogP contribution in [-0.2, 0) is 6.54 Å². The minimum atomic E-state index is -0.193. The van der Waals surface area contributed by atoms with Gasteiger partial charge in [-0.2, -0.15) is 0 Å². The fraction of sp³-hybridized carbons (Fsp3) is 0.400. The third kappa shape index (κ3) is 3.86. The third-order valence-corrected chi connectivity index (χ3v) is 4.23. The quantitative estimate of drug-likeness (QED) is 0.811. The number of hydrogen-bond acceptors (Lipinski definition) is 4. The zero-order valence-electron chi connectivity index (χ0n) is 11.4. The molecule has 2 N–H and O–H groups in total. The molecule has 1 aliphatic carbocycles. The molecule has 1 fully saturated rings. The summed E-state index contributed by atoms with van der Waals surface area (Å²) in [5.74, 6) is 1.53. The summed E-state index contributed by atoms with van der Waals surface area (Å²) in [6, 6.07) is 7.41. The molecule has 21 heavy (non-hydrogen) atoms. The first-order valence-corrected chi connectivity index (χ1v) is 8.08. The number of aliphatic hydroxyl groups is 1. The lowest BCUT2D eigenvalue weighted by molar-refractivity contribution is 0.242. The van der Waals surface area contributed by atoms with Gasteiger partial charge in [-0.15, -0.1) is 0 Å². The molecule has 0 amide bonds. The van der Waals surface area contributed by atoms with Gasteiger partial charge in [0.1, 0.15) is 5.76 Å². The molecule has 1 aromatic carbocycles. The number of hydrogen-bond donors (Lipinski definition) is 2. The van der Waals surface area contributed by atoms with Gasteiger partial charge in [-0.25, -0.2) is 0 Å². The monoisotopic (exact) mass is 370 g/mol. The zero-order valence-corrected chi connectivity index (χ0v) is 13.7. The van der Waals surface area contributed by atoms with Crippen LogP contribution in [0.3, 0.4) is 0 Å². The summed E-state index contributed by atoms with van der Waals surface area (Å²) >= 11 is 9.46. The summed E-state index contributed by atoms with van der Waals surface area (Å²) in [4.78, 5) is 0. The van der Waals surface area contributed by atoms with Crippen LogP contribution in [0.2, 0.25) is 5.02 Å². The van der Waals surface area contributed by atoms with Crippen LogP contribution < -0.4 is 5.32 Å². The van der Waals surface area contributed by atoms with Crippen molar-refractivity contribution >= 4 is 27.5 Å². The highest BCUT2D eigenvalue weighted by Gasteiger charge is 2.27.